The Labute approximate surface area is 92.6 Å². The van der Waals surface area contributed by atoms with E-state index in [-0.39, 0.29) is 0 Å². The highest BCUT2D eigenvalue weighted by atomic mass is 35.5. The van der Waals surface area contributed by atoms with Crippen LogP contribution in [0.3, 0.4) is 0 Å². The first-order valence-electron chi connectivity index (χ1n) is 4.23. The minimum absolute atomic E-state index is 0.657. The van der Waals surface area contributed by atoms with Gasteiger partial charge in [-0.1, -0.05) is 23.2 Å². The van der Waals surface area contributed by atoms with Crippen molar-refractivity contribution in [3.05, 3.63) is 34.4 Å². The van der Waals surface area contributed by atoms with Crippen molar-refractivity contribution in [1.29, 1.82) is 0 Å². The molecule has 0 amide bonds. The molecule has 14 heavy (non-hydrogen) atoms. The van der Waals surface area contributed by atoms with Crippen LogP contribution in [0.15, 0.2) is 24.4 Å². The third-order valence-electron chi connectivity index (χ3n) is 2.13. The highest BCUT2D eigenvalue weighted by Crippen LogP contribution is 2.28. The number of benzene rings is 1. The summed E-state index contributed by atoms with van der Waals surface area (Å²) in [7, 11) is 3.93. The van der Waals surface area contributed by atoms with Crippen LogP contribution in [0.5, 0.6) is 0 Å². The molecule has 2 rings (SSSR count). The highest BCUT2D eigenvalue weighted by molar-refractivity contribution is 6.38. The summed E-state index contributed by atoms with van der Waals surface area (Å²) in [4.78, 5) is 0. The van der Waals surface area contributed by atoms with Crippen molar-refractivity contribution in [2.24, 2.45) is 0 Å². The van der Waals surface area contributed by atoms with E-state index in [0.29, 0.717) is 10.0 Å². The minimum atomic E-state index is 0.657. The zero-order valence-electron chi connectivity index (χ0n) is 7.96. The fraction of sp³-hybridized carbons (Fsp3) is 0.200. The fourth-order valence-corrected chi connectivity index (χ4v) is 2.05. The summed E-state index contributed by atoms with van der Waals surface area (Å²) in [6.45, 7) is 0. The van der Waals surface area contributed by atoms with Gasteiger partial charge in [0.15, 0.2) is 0 Å². The molecular weight excluding hydrogens is 219 g/mol. The molecule has 4 heteroatoms. The molecule has 0 N–H and O–H groups in total. The van der Waals surface area contributed by atoms with Gasteiger partial charge in [-0.2, -0.15) is 0 Å². The quantitative estimate of drug-likeness (QED) is 0.729. The van der Waals surface area contributed by atoms with Gasteiger partial charge in [0.2, 0.25) is 0 Å². The molecule has 0 aliphatic rings. The zero-order valence-corrected chi connectivity index (χ0v) is 9.47. The zero-order chi connectivity index (χ0) is 10.3. The summed E-state index contributed by atoms with van der Waals surface area (Å²) in [6, 6.07) is 5.64. The van der Waals surface area contributed by atoms with Crippen LogP contribution >= 0.6 is 23.2 Å². The molecule has 2 nitrogen and oxygen atoms in total. The molecule has 0 saturated heterocycles. The molecule has 1 aromatic heterocycles. The summed E-state index contributed by atoms with van der Waals surface area (Å²) >= 11 is 12.0. The van der Waals surface area contributed by atoms with Gasteiger partial charge in [-0.3, -0.25) is 4.68 Å². The van der Waals surface area contributed by atoms with Crippen molar-refractivity contribution in [3.63, 3.8) is 0 Å². The molecule has 0 unspecified atom stereocenters. The number of fused-ring (bicyclic) bond motifs is 1. The number of halogens is 2. The Bertz CT molecular complexity index is 474. The number of rotatable bonds is 1. The Balaban J connectivity index is 2.78. The van der Waals surface area contributed by atoms with Gasteiger partial charge in [-0.25, -0.2) is 0 Å². The van der Waals surface area contributed by atoms with Gasteiger partial charge in [0.25, 0.3) is 0 Å². The highest BCUT2D eigenvalue weighted by Gasteiger charge is 2.06. The largest absolute Gasteiger partial charge is 0.319 e. The first-order valence-corrected chi connectivity index (χ1v) is 4.99. The van der Waals surface area contributed by atoms with E-state index in [9.17, 15) is 0 Å². The average Bonchev–Trinajstić information content (AvgIpc) is 2.47. The Morgan fingerprint density at radius 1 is 1.21 bits per heavy atom. The van der Waals surface area contributed by atoms with Gasteiger partial charge in [0.05, 0.1) is 10.5 Å². The second-order valence-electron chi connectivity index (χ2n) is 3.33. The minimum Gasteiger partial charge on any atom is -0.319 e. The lowest BCUT2D eigenvalue weighted by atomic mass is 10.2. The third-order valence-corrected chi connectivity index (χ3v) is 2.66. The molecule has 0 aliphatic heterocycles. The monoisotopic (exact) mass is 228 g/mol. The fourth-order valence-electron chi connectivity index (χ4n) is 1.50. The van der Waals surface area contributed by atoms with Gasteiger partial charge in [-0.05, 0) is 18.2 Å². The summed E-state index contributed by atoms with van der Waals surface area (Å²) in [5.74, 6) is 0. The molecule has 0 bridgehead atoms. The third kappa shape index (κ3) is 1.45. The van der Waals surface area contributed by atoms with Crippen molar-refractivity contribution in [2.75, 3.05) is 19.1 Å². The lowest BCUT2D eigenvalue weighted by molar-refractivity contribution is 0.762. The lowest BCUT2D eigenvalue weighted by Crippen LogP contribution is -2.23. The number of nitrogens with zero attached hydrogens (tertiary/aromatic N) is 2. The van der Waals surface area contributed by atoms with E-state index in [1.54, 1.807) is 6.07 Å². The van der Waals surface area contributed by atoms with Crippen molar-refractivity contribution in [1.82, 2.24) is 4.68 Å². The van der Waals surface area contributed by atoms with Crippen LogP contribution in [-0.4, -0.2) is 18.8 Å². The topological polar surface area (TPSA) is 8.17 Å². The molecule has 0 atom stereocenters. The van der Waals surface area contributed by atoms with Crippen LogP contribution in [0.2, 0.25) is 10.0 Å². The second kappa shape index (κ2) is 3.37. The maximum Gasteiger partial charge on any atom is 0.0724 e. The molecule has 2 aromatic rings. The number of aromatic nitrogens is 1. The first kappa shape index (κ1) is 9.69. The van der Waals surface area contributed by atoms with Gasteiger partial charge in [0.1, 0.15) is 0 Å². The molecule has 0 radical (unpaired) electrons. The standard InChI is InChI=1S/C10H10Cl2N2/c1-13(2)14-4-3-8-9(12)5-7(11)6-10(8)14/h3-6H,1-2H3. The molecule has 0 fully saturated rings. The van der Waals surface area contributed by atoms with Crippen LogP contribution in [0.1, 0.15) is 0 Å². The van der Waals surface area contributed by atoms with Crippen LogP contribution in [-0.2, 0) is 0 Å². The van der Waals surface area contributed by atoms with Gasteiger partial charge >= 0.3 is 0 Å². The van der Waals surface area contributed by atoms with Crippen molar-refractivity contribution in [3.8, 4) is 0 Å². The predicted molar refractivity (Wildman–Crippen MR) is 62.0 cm³/mol. The normalized spacial score (nSPS) is 10.9. The van der Waals surface area contributed by atoms with Gasteiger partial charge < -0.3 is 5.01 Å². The number of hydrogen-bond donors (Lipinski definition) is 0. The van der Waals surface area contributed by atoms with Gasteiger partial charge in [0, 0.05) is 30.7 Å². The summed E-state index contributed by atoms with van der Waals surface area (Å²) in [5, 5.41) is 4.33. The van der Waals surface area contributed by atoms with Crippen molar-refractivity contribution >= 4 is 34.1 Å². The Morgan fingerprint density at radius 3 is 2.57 bits per heavy atom. The average molecular weight is 229 g/mol. The van der Waals surface area contributed by atoms with Crippen molar-refractivity contribution in [2.45, 2.75) is 0 Å². The van der Waals surface area contributed by atoms with E-state index in [1.807, 2.05) is 42.1 Å². The predicted octanol–water partition coefficient (Wildman–Crippen LogP) is 3.15. The molecular formula is C10H10Cl2N2. The molecule has 1 aromatic carbocycles. The second-order valence-corrected chi connectivity index (χ2v) is 4.17. The smallest absolute Gasteiger partial charge is 0.0724 e. The van der Waals surface area contributed by atoms with E-state index < -0.39 is 0 Å². The Hall–Kier alpha value is -0.860. The lowest BCUT2D eigenvalue weighted by Gasteiger charge is -2.15. The van der Waals surface area contributed by atoms with Crippen molar-refractivity contribution < 1.29 is 0 Å². The van der Waals surface area contributed by atoms with Gasteiger partial charge in [-0.15, -0.1) is 0 Å². The Morgan fingerprint density at radius 2 is 1.93 bits per heavy atom. The van der Waals surface area contributed by atoms with Crippen LogP contribution in [0.25, 0.3) is 10.9 Å². The molecule has 1 heterocycles. The van der Waals surface area contributed by atoms with E-state index in [2.05, 4.69) is 0 Å². The maximum atomic E-state index is 6.06. The van der Waals surface area contributed by atoms with E-state index in [0.717, 1.165) is 10.9 Å². The molecule has 74 valence electrons. The maximum absolute atomic E-state index is 6.06. The summed E-state index contributed by atoms with van der Waals surface area (Å²) < 4.78 is 1.99. The van der Waals surface area contributed by atoms with E-state index in [1.165, 1.54) is 0 Å². The van der Waals surface area contributed by atoms with Crippen LogP contribution < -0.4 is 5.01 Å². The first-order chi connectivity index (χ1) is 6.59. The molecule has 0 spiro atoms. The van der Waals surface area contributed by atoms with E-state index >= 15 is 0 Å². The van der Waals surface area contributed by atoms with E-state index in [4.69, 9.17) is 23.2 Å². The summed E-state index contributed by atoms with van der Waals surface area (Å²) in [5.41, 5.74) is 1.02. The van der Waals surface area contributed by atoms with Crippen LogP contribution in [0.4, 0.5) is 0 Å². The summed E-state index contributed by atoms with van der Waals surface area (Å²) in [6.07, 6.45) is 1.97. The Kier molecular flexibility index (Phi) is 2.33. The number of hydrogen-bond acceptors (Lipinski definition) is 1. The van der Waals surface area contributed by atoms with Crippen LogP contribution in [0, 0.1) is 0 Å². The SMILES string of the molecule is CN(C)n1ccc2c(Cl)cc(Cl)cc21. The molecule has 0 aliphatic carbocycles. The molecule has 0 saturated carbocycles.